The molecule has 1 heterocycles. The van der Waals surface area contributed by atoms with E-state index >= 15 is 0 Å². The molecule has 0 saturated carbocycles. The minimum absolute atomic E-state index is 0.0128. The first-order chi connectivity index (χ1) is 6.93. The SMILES string of the molecule is CC(=O)SC(C(=O)[O-])N1C(=O)CCC1=O. The van der Waals surface area contributed by atoms with Crippen LogP contribution in [-0.2, 0) is 19.2 Å². The van der Waals surface area contributed by atoms with Crippen molar-refractivity contribution in [2.24, 2.45) is 0 Å². The van der Waals surface area contributed by atoms with E-state index in [1.165, 1.54) is 0 Å². The van der Waals surface area contributed by atoms with Crippen LogP contribution in [0.5, 0.6) is 0 Å². The van der Waals surface area contributed by atoms with Gasteiger partial charge in [0.05, 0.1) is 5.97 Å². The highest BCUT2D eigenvalue weighted by molar-refractivity contribution is 8.14. The van der Waals surface area contributed by atoms with E-state index in [1.807, 2.05) is 0 Å². The van der Waals surface area contributed by atoms with E-state index < -0.39 is 28.3 Å². The van der Waals surface area contributed by atoms with Gasteiger partial charge < -0.3 is 9.90 Å². The molecule has 1 atom stereocenters. The fourth-order valence-electron chi connectivity index (χ4n) is 1.22. The molecule has 15 heavy (non-hydrogen) atoms. The summed E-state index contributed by atoms with van der Waals surface area (Å²) in [6.45, 7) is 1.16. The Morgan fingerprint density at radius 1 is 1.33 bits per heavy atom. The number of rotatable bonds is 3. The molecule has 2 amide bonds. The van der Waals surface area contributed by atoms with Gasteiger partial charge in [-0.25, -0.2) is 0 Å². The van der Waals surface area contributed by atoms with Crippen LogP contribution in [0.15, 0.2) is 0 Å². The third-order valence-corrected chi connectivity index (χ3v) is 2.76. The Hall–Kier alpha value is -1.37. The average Bonchev–Trinajstić information content (AvgIpc) is 2.42. The normalized spacial score (nSPS) is 18.1. The minimum Gasteiger partial charge on any atom is -0.547 e. The predicted molar refractivity (Wildman–Crippen MR) is 48.2 cm³/mol. The lowest BCUT2D eigenvalue weighted by molar-refractivity contribution is -0.307. The van der Waals surface area contributed by atoms with Crippen molar-refractivity contribution in [3.63, 3.8) is 0 Å². The van der Waals surface area contributed by atoms with Crippen LogP contribution in [0.1, 0.15) is 19.8 Å². The van der Waals surface area contributed by atoms with Gasteiger partial charge in [0.2, 0.25) is 11.8 Å². The Bertz CT molecular complexity index is 324. The Kier molecular flexibility index (Phi) is 3.46. The molecule has 1 aliphatic heterocycles. The van der Waals surface area contributed by atoms with E-state index in [-0.39, 0.29) is 12.8 Å². The predicted octanol–water partition coefficient (Wildman–Crippen LogP) is -1.51. The molecule has 0 spiro atoms. The van der Waals surface area contributed by atoms with Crippen LogP contribution in [0, 0.1) is 0 Å². The van der Waals surface area contributed by atoms with Gasteiger partial charge in [-0.05, 0) is 0 Å². The second-order valence-corrected chi connectivity index (χ2v) is 4.20. The molecule has 1 saturated heterocycles. The molecule has 0 radical (unpaired) electrons. The lowest BCUT2D eigenvalue weighted by atomic mass is 10.4. The zero-order chi connectivity index (χ0) is 11.6. The molecular weight excluding hydrogens is 222 g/mol. The number of nitrogens with zero attached hydrogens (tertiary/aromatic N) is 1. The standard InChI is InChI=1S/C8H9NO5S/c1-4(10)15-7(8(13)14)9-5(11)2-3-6(9)12/h7H,2-3H2,1H3,(H,13,14)/p-1. The lowest BCUT2D eigenvalue weighted by Crippen LogP contribution is -2.48. The van der Waals surface area contributed by atoms with Crippen molar-refractivity contribution in [1.82, 2.24) is 4.90 Å². The minimum atomic E-state index is -1.61. The molecule has 1 rings (SSSR count). The molecule has 1 fully saturated rings. The number of aliphatic carboxylic acids is 1. The van der Waals surface area contributed by atoms with Crippen LogP contribution in [-0.4, -0.2) is 33.2 Å². The first-order valence-corrected chi connectivity index (χ1v) is 5.04. The van der Waals surface area contributed by atoms with Gasteiger partial charge in [-0.15, -0.1) is 0 Å². The lowest BCUT2D eigenvalue weighted by Gasteiger charge is -2.25. The fraction of sp³-hybridized carbons (Fsp3) is 0.500. The molecule has 0 aromatic rings. The average molecular weight is 230 g/mol. The number of hydrogen-bond acceptors (Lipinski definition) is 6. The molecule has 0 aromatic carbocycles. The van der Waals surface area contributed by atoms with Crippen molar-refractivity contribution in [3.8, 4) is 0 Å². The Morgan fingerprint density at radius 3 is 2.13 bits per heavy atom. The Morgan fingerprint density at radius 2 is 1.80 bits per heavy atom. The molecule has 6 nitrogen and oxygen atoms in total. The summed E-state index contributed by atoms with van der Waals surface area (Å²) < 4.78 is 0. The highest BCUT2D eigenvalue weighted by atomic mass is 32.2. The topological polar surface area (TPSA) is 94.6 Å². The molecule has 7 heteroatoms. The summed E-state index contributed by atoms with van der Waals surface area (Å²) in [5.41, 5.74) is 0. The van der Waals surface area contributed by atoms with E-state index in [1.54, 1.807) is 0 Å². The quantitative estimate of drug-likeness (QED) is 0.547. The van der Waals surface area contributed by atoms with E-state index in [9.17, 15) is 24.3 Å². The van der Waals surface area contributed by atoms with Gasteiger partial charge in [0.15, 0.2) is 5.12 Å². The second-order valence-electron chi connectivity index (χ2n) is 2.94. The van der Waals surface area contributed by atoms with Crippen molar-refractivity contribution in [3.05, 3.63) is 0 Å². The van der Waals surface area contributed by atoms with Crippen LogP contribution in [0.2, 0.25) is 0 Å². The Labute approximate surface area is 89.6 Å². The van der Waals surface area contributed by atoms with Crippen LogP contribution < -0.4 is 5.11 Å². The second kappa shape index (κ2) is 4.43. The number of likely N-dealkylation sites (tertiary alicyclic amines) is 1. The number of carbonyl (C=O) groups is 4. The largest absolute Gasteiger partial charge is 0.547 e. The highest BCUT2D eigenvalue weighted by Crippen LogP contribution is 2.23. The summed E-state index contributed by atoms with van der Waals surface area (Å²) in [5, 5.41) is 8.66. The van der Waals surface area contributed by atoms with Crippen LogP contribution in [0.4, 0.5) is 0 Å². The first kappa shape index (κ1) is 11.7. The molecule has 1 unspecified atom stereocenters. The first-order valence-electron chi connectivity index (χ1n) is 4.16. The van der Waals surface area contributed by atoms with Crippen molar-refractivity contribution in [1.29, 1.82) is 0 Å². The maximum absolute atomic E-state index is 11.2. The zero-order valence-electron chi connectivity index (χ0n) is 7.89. The number of amides is 2. The molecule has 0 aliphatic carbocycles. The summed E-state index contributed by atoms with van der Waals surface area (Å²) in [5.74, 6) is -2.77. The molecule has 0 bridgehead atoms. The van der Waals surface area contributed by atoms with Crippen molar-refractivity contribution in [2.45, 2.75) is 25.1 Å². The summed E-state index contributed by atoms with van der Waals surface area (Å²) in [4.78, 5) is 44.4. The number of carboxylic acids is 1. The number of carbonyl (C=O) groups excluding carboxylic acids is 4. The highest BCUT2D eigenvalue weighted by Gasteiger charge is 2.36. The van der Waals surface area contributed by atoms with Gasteiger partial charge in [-0.1, -0.05) is 11.8 Å². The maximum Gasteiger partial charge on any atom is 0.230 e. The van der Waals surface area contributed by atoms with Gasteiger partial charge >= 0.3 is 0 Å². The van der Waals surface area contributed by atoms with Gasteiger partial charge in [0, 0.05) is 19.8 Å². The number of hydrogen-bond donors (Lipinski definition) is 0. The summed E-state index contributed by atoms with van der Waals surface area (Å²) >= 11 is 0.396. The van der Waals surface area contributed by atoms with Gasteiger partial charge in [0.1, 0.15) is 5.37 Å². The third-order valence-electron chi connectivity index (χ3n) is 1.80. The van der Waals surface area contributed by atoms with E-state index in [0.717, 1.165) is 6.92 Å². The van der Waals surface area contributed by atoms with Crippen LogP contribution >= 0.6 is 11.8 Å². The number of carboxylic acid groups (broad SMARTS) is 1. The summed E-state index contributed by atoms with van der Waals surface area (Å²) in [6.07, 6.45) is -0.0256. The van der Waals surface area contributed by atoms with E-state index in [2.05, 4.69) is 0 Å². The molecular formula is C8H8NO5S-. The van der Waals surface area contributed by atoms with E-state index in [4.69, 9.17) is 0 Å². The van der Waals surface area contributed by atoms with Crippen LogP contribution in [0.3, 0.4) is 0 Å². The third kappa shape index (κ3) is 2.56. The van der Waals surface area contributed by atoms with Crippen molar-refractivity contribution in [2.75, 3.05) is 0 Å². The molecule has 0 N–H and O–H groups in total. The molecule has 82 valence electrons. The van der Waals surface area contributed by atoms with Gasteiger partial charge in [-0.2, -0.15) is 0 Å². The number of thioether (sulfide) groups is 1. The Balaban J connectivity index is 2.88. The van der Waals surface area contributed by atoms with Crippen LogP contribution in [0.25, 0.3) is 0 Å². The monoisotopic (exact) mass is 230 g/mol. The van der Waals surface area contributed by atoms with Crippen molar-refractivity contribution >= 4 is 34.7 Å². The van der Waals surface area contributed by atoms with Gasteiger partial charge in [0.25, 0.3) is 0 Å². The van der Waals surface area contributed by atoms with Crippen molar-refractivity contribution < 1.29 is 24.3 Å². The van der Waals surface area contributed by atoms with Gasteiger partial charge in [-0.3, -0.25) is 19.3 Å². The summed E-state index contributed by atoms with van der Waals surface area (Å²) in [7, 11) is 0. The molecule has 1 aliphatic rings. The zero-order valence-corrected chi connectivity index (χ0v) is 8.70. The number of imide groups is 1. The summed E-state index contributed by atoms with van der Waals surface area (Å²) in [6, 6.07) is 0. The smallest absolute Gasteiger partial charge is 0.230 e. The maximum atomic E-state index is 11.2. The van der Waals surface area contributed by atoms with E-state index in [0.29, 0.717) is 16.7 Å². The molecule has 0 aromatic heterocycles. The fourth-order valence-corrected chi connectivity index (χ4v) is 1.97.